The van der Waals surface area contributed by atoms with Crippen LogP contribution in [0.2, 0.25) is 10.0 Å². The number of benzene rings is 1. The van der Waals surface area contributed by atoms with E-state index in [1.165, 1.54) is 6.33 Å². The van der Waals surface area contributed by atoms with E-state index in [0.29, 0.717) is 22.2 Å². The maximum atomic E-state index is 6.32. The van der Waals surface area contributed by atoms with Crippen LogP contribution in [0, 0.1) is 0 Å². The van der Waals surface area contributed by atoms with Crippen LogP contribution in [-0.4, -0.2) is 34.1 Å². The van der Waals surface area contributed by atoms with Crippen LogP contribution in [0.25, 0.3) is 0 Å². The highest BCUT2D eigenvalue weighted by molar-refractivity contribution is 6.35. The second-order valence-electron chi connectivity index (χ2n) is 4.85. The Labute approximate surface area is 136 Å². The Kier molecular flexibility index (Phi) is 4.62. The lowest BCUT2D eigenvalue weighted by Crippen LogP contribution is -2.35. The summed E-state index contributed by atoms with van der Waals surface area (Å²) in [6.07, 6.45) is 2.71. The van der Waals surface area contributed by atoms with Gasteiger partial charge in [0.1, 0.15) is 25.3 Å². The van der Waals surface area contributed by atoms with Crippen LogP contribution in [0.4, 0.5) is 0 Å². The molecule has 22 heavy (non-hydrogen) atoms. The molecule has 0 spiro atoms. The van der Waals surface area contributed by atoms with Gasteiger partial charge in [-0.05, 0) is 12.1 Å². The highest BCUT2D eigenvalue weighted by atomic mass is 35.5. The van der Waals surface area contributed by atoms with Crippen molar-refractivity contribution in [3.63, 3.8) is 0 Å². The van der Waals surface area contributed by atoms with E-state index in [4.69, 9.17) is 38.6 Å². The van der Waals surface area contributed by atoms with Crippen molar-refractivity contribution in [2.24, 2.45) is 5.90 Å². The molecule has 0 radical (unpaired) electrons. The van der Waals surface area contributed by atoms with Gasteiger partial charge in [0, 0.05) is 10.6 Å². The highest BCUT2D eigenvalue weighted by Gasteiger charge is 2.45. The summed E-state index contributed by atoms with van der Waals surface area (Å²) in [6, 6.07) is 5.14. The second-order valence-corrected chi connectivity index (χ2v) is 5.70. The smallest absolute Gasteiger partial charge is 0.217 e. The fraction of sp³-hybridized carbons (Fsp3) is 0.385. The number of halogens is 2. The van der Waals surface area contributed by atoms with Crippen molar-refractivity contribution in [2.75, 3.05) is 13.2 Å². The molecule has 1 aliphatic heterocycles. The Balaban J connectivity index is 1.96. The molecule has 7 nitrogen and oxygen atoms in total. The summed E-state index contributed by atoms with van der Waals surface area (Å²) in [7, 11) is 0. The Morgan fingerprint density at radius 2 is 2.32 bits per heavy atom. The summed E-state index contributed by atoms with van der Waals surface area (Å²) in [4.78, 5) is 8.57. The predicted molar refractivity (Wildman–Crippen MR) is 79.1 cm³/mol. The quantitative estimate of drug-likeness (QED) is 0.831. The summed E-state index contributed by atoms with van der Waals surface area (Å²) >= 11 is 12.3. The van der Waals surface area contributed by atoms with Crippen LogP contribution >= 0.6 is 23.2 Å². The van der Waals surface area contributed by atoms with Crippen molar-refractivity contribution >= 4 is 23.2 Å². The number of nitrogens with zero attached hydrogens (tertiary/aromatic N) is 3. The van der Waals surface area contributed by atoms with Gasteiger partial charge in [0.2, 0.25) is 5.79 Å². The van der Waals surface area contributed by atoms with Gasteiger partial charge in [-0.3, -0.25) is 0 Å². The van der Waals surface area contributed by atoms with E-state index < -0.39 is 5.79 Å². The van der Waals surface area contributed by atoms with Gasteiger partial charge >= 0.3 is 0 Å². The minimum atomic E-state index is -1.10. The third-order valence-electron chi connectivity index (χ3n) is 3.32. The van der Waals surface area contributed by atoms with Gasteiger partial charge in [0.15, 0.2) is 0 Å². The lowest BCUT2D eigenvalue weighted by Gasteiger charge is -2.29. The van der Waals surface area contributed by atoms with Crippen molar-refractivity contribution in [3.05, 3.63) is 46.5 Å². The zero-order valence-corrected chi connectivity index (χ0v) is 13.0. The molecule has 3 rings (SSSR count). The summed E-state index contributed by atoms with van der Waals surface area (Å²) in [6.45, 7) is 0.824. The van der Waals surface area contributed by atoms with E-state index in [1.54, 1.807) is 29.2 Å². The maximum Gasteiger partial charge on any atom is 0.217 e. The second kappa shape index (κ2) is 6.49. The van der Waals surface area contributed by atoms with Crippen molar-refractivity contribution < 1.29 is 14.3 Å². The summed E-state index contributed by atoms with van der Waals surface area (Å²) in [5.41, 5.74) is 0.661. The molecule has 1 fully saturated rings. The largest absolute Gasteiger partial charge is 0.342 e. The van der Waals surface area contributed by atoms with Crippen LogP contribution in [0.1, 0.15) is 5.56 Å². The number of hydrogen-bond donors (Lipinski definition) is 1. The first-order valence-corrected chi connectivity index (χ1v) is 7.30. The Hall–Kier alpha value is -1.22. The lowest BCUT2D eigenvalue weighted by atomic mass is 10.1. The minimum absolute atomic E-state index is 0.213. The van der Waals surface area contributed by atoms with Crippen molar-refractivity contribution in [2.45, 2.75) is 18.4 Å². The molecule has 1 aliphatic rings. The fourth-order valence-electron chi connectivity index (χ4n) is 2.39. The standard InChI is InChI=1S/C13H14Cl2N4O3/c14-9-1-2-11(12(15)3-9)13(6-19-8-17-7-18-19)20-4-10(22-13)5-21-16/h1-3,7-8,10H,4-6,16H2. The molecule has 0 bridgehead atoms. The van der Waals surface area contributed by atoms with Gasteiger partial charge in [-0.2, -0.15) is 5.10 Å². The Morgan fingerprint density at radius 1 is 1.45 bits per heavy atom. The van der Waals surface area contributed by atoms with Crippen molar-refractivity contribution in [1.29, 1.82) is 0 Å². The average Bonchev–Trinajstić information content (AvgIpc) is 3.10. The topological polar surface area (TPSA) is 84.4 Å². The third-order valence-corrected chi connectivity index (χ3v) is 3.87. The molecule has 2 aromatic rings. The van der Waals surface area contributed by atoms with Crippen LogP contribution in [0.5, 0.6) is 0 Å². The lowest BCUT2D eigenvalue weighted by molar-refractivity contribution is -0.193. The molecule has 0 amide bonds. The number of rotatable bonds is 5. The first-order valence-electron chi connectivity index (χ1n) is 6.54. The Bertz CT molecular complexity index is 640. The molecule has 2 N–H and O–H groups in total. The van der Waals surface area contributed by atoms with Gasteiger partial charge in [-0.15, -0.1) is 0 Å². The molecule has 0 aliphatic carbocycles. The summed E-state index contributed by atoms with van der Waals surface area (Å²) < 4.78 is 13.5. The van der Waals surface area contributed by atoms with Gasteiger partial charge in [-0.25, -0.2) is 15.6 Å². The average molecular weight is 345 g/mol. The molecule has 118 valence electrons. The van der Waals surface area contributed by atoms with E-state index in [2.05, 4.69) is 14.9 Å². The molecule has 2 heterocycles. The summed E-state index contributed by atoms with van der Waals surface area (Å²) in [5, 5.41) is 5.07. The van der Waals surface area contributed by atoms with E-state index in [0.717, 1.165) is 0 Å². The summed E-state index contributed by atoms with van der Waals surface area (Å²) in [5.74, 6) is 4.02. The van der Waals surface area contributed by atoms with Crippen LogP contribution in [-0.2, 0) is 26.6 Å². The molecule has 1 aromatic heterocycles. The first-order chi connectivity index (χ1) is 10.6. The van der Waals surface area contributed by atoms with E-state index in [1.807, 2.05) is 0 Å². The van der Waals surface area contributed by atoms with Gasteiger partial charge in [-0.1, -0.05) is 29.3 Å². The number of ether oxygens (including phenoxy) is 2. The van der Waals surface area contributed by atoms with E-state index in [9.17, 15) is 0 Å². The minimum Gasteiger partial charge on any atom is -0.342 e. The van der Waals surface area contributed by atoms with E-state index >= 15 is 0 Å². The van der Waals surface area contributed by atoms with Crippen LogP contribution in [0.3, 0.4) is 0 Å². The molecule has 0 saturated carbocycles. The van der Waals surface area contributed by atoms with Crippen molar-refractivity contribution in [3.8, 4) is 0 Å². The molecule has 1 aromatic carbocycles. The fourth-order valence-corrected chi connectivity index (χ4v) is 2.94. The van der Waals surface area contributed by atoms with Gasteiger partial charge in [0.05, 0.1) is 18.2 Å². The van der Waals surface area contributed by atoms with Gasteiger partial charge in [0.25, 0.3) is 0 Å². The zero-order chi connectivity index (χ0) is 15.6. The predicted octanol–water partition coefficient (Wildman–Crippen LogP) is 1.74. The molecule has 2 unspecified atom stereocenters. The molecular formula is C13H14Cl2N4O3. The molecular weight excluding hydrogens is 331 g/mol. The Morgan fingerprint density at radius 3 is 3.00 bits per heavy atom. The zero-order valence-electron chi connectivity index (χ0n) is 11.5. The number of hydrogen-bond acceptors (Lipinski definition) is 6. The third kappa shape index (κ3) is 3.10. The van der Waals surface area contributed by atoms with Crippen LogP contribution < -0.4 is 5.90 Å². The number of nitrogens with two attached hydrogens (primary N) is 1. The first kappa shape index (κ1) is 15.7. The van der Waals surface area contributed by atoms with Crippen molar-refractivity contribution in [1.82, 2.24) is 14.8 Å². The van der Waals surface area contributed by atoms with E-state index in [-0.39, 0.29) is 19.3 Å². The normalized spacial score (nSPS) is 24.8. The number of aromatic nitrogens is 3. The van der Waals surface area contributed by atoms with Gasteiger partial charge < -0.3 is 14.3 Å². The monoisotopic (exact) mass is 344 g/mol. The SMILES string of the molecule is NOCC1COC(Cn2cncn2)(c2ccc(Cl)cc2Cl)O1. The molecule has 1 saturated heterocycles. The maximum absolute atomic E-state index is 6.32. The molecule has 9 heteroatoms. The van der Waals surface area contributed by atoms with Crippen LogP contribution in [0.15, 0.2) is 30.9 Å². The highest BCUT2D eigenvalue weighted by Crippen LogP contribution is 2.40. The molecule has 2 atom stereocenters.